The van der Waals surface area contributed by atoms with Gasteiger partial charge in [-0.3, -0.25) is 0 Å². The Morgan fingerprint density at radius 2 is 1.95 bits per heavy atom. The van der Waals surface area contributed by atoms with Crippen LogP contribution in [0.3, 0.4) is 0 Å². The van der Waals surface area contributed by atoms with E-state index in [2.05, 4.69) is 40.0 Å². The highest BCUT2D eigenvalue weighted by molar-refractivity contribution is 9.10. The molecular formula is C16H18BrNO. The molecule has 0 radical (unpaired) electrons. The SMILES string of the molecule is CCCCc1ccc(Oc2cc(C)c(Br)cn2)cc1. The zero-order valence-corrected chi connectivity index (χ0v) is 12.9. The Balaban J connectivity index is 2.04. The molecule has 2 nitrogen and oxygen atoms in total. The Morgan fingerprint density at radius 3 is 2.58 bits per heavy atom. The van der Waals surface area contributed by atoms with Gasteiger partial charge in [-0.25, -0.2) is 4.98 Å². The van der Waals surface area contributed by atoms with E-state index in [4.69, 9.17) is 4.74 Å². The van der Waals surface area contributed by atoms with Gasteiger partial charge in [0.15, 0.2) is 0 Å². The van der Waals surface area contributed by atoms with E-state index >= 15 is 0 Å². The third-order valence-corrected chi connectivity index (χ3v) is 3.82. The van der Waals surface area contributed by atoms with Crippen molar-refractivity contribution in [2.24, 2.45) is 0 Å². The fourth-order valence-electron chi connectivity index (χ4n) is 1.80. The van der Waals surface area contributed by atoms with Crippen LogP contribution in [-0.4, -0.2) is 4.98 Å². The van der Waals surface area contributed by atoms with Crippen molar-refractivity contribution >= 4 is 15.9 Å². The summed E-state index contributed by atoms with van der Waals surface area (Å²) in [6.07, 6.45) is 5.35. The van der Waals surface area contributed by atoms with Crippen LogP contribution in [-0.2, 0) is 6.42 Å². The molecule has 2 rings (SSSR count). The quantitative estimate of drug-likeness (QED) is 0.747. The maximum atomic E-state index is 5.74. The minimum atomic E-state index is 0.627. The zero-order chi connectivity index (χ0) is 13.7. The lowest BCUT2D eigenvalue weighted by atomic mass is 10.1. The number of hydrogen-bond donors (Lipinski definition) is 0. The highest BCUT2D eigenvalue weighted by Crippen LogP contribution is 2.24. The Bertz CT molecular complexity index is 537. The molecule has 2 aromatic rings. The molecule has 0 aliphatic carbocycles. The molecule has 0 unspecified atom stereocenters. The van der Waals surface area contributed by atoms with E-state index in [1.165, 1.54) is 18.4 Å². The largest absolute Gasteiger partial charge is 0.439 e. The van der Waals surface area contributed by atoms with Gasteiger partial charge in [-0.15, -0.1) is 0 Å². The van der Waals surface area contributed by atoms with Crippen LogP contribution in [0, 0.1) is 6.92 Å². The topological polar surface area (TPSA) is 22.1 Å². The van der Waals surface area contributed by atoms with Crippen molar-refractivity contribution < 1.29 is 4.74 Å². The van der Waals surface area contributed by atoms with Crippen LogP contribution in [0.25, 0.3) is 0 Å². The molecule has 19 heavy (non-hydrogen) atoms. The van der Waals surface area contributed by atoms with Crippen molar-refractivity contribution in [2.45, 2.75) is 33.1 Å². The molecule has 0 spiro atoms. The molecule has 0 aliphatic heterocycles. The first-order valence-corrected chi connectivity index (χ1v) is 7.37. The molecule has 1 heterocycles. The van der Waals surface area contributed by atoms with E-state index in [1.54, 1.807) is 6.20 Å². The van der Waals surface area contributed by atoms with Crippen LogP contribution < -0.4 is 4.74 Å². The lowest BCUT2D eigenvalue weighted by Crippen LogP contribution is -1.90. The molecular weight excluding hydrogens is 302 g/mol. The highest BCUT2D eigenvalue weighted by atomic mass is 79.9. The number of halogens is 1. The van der Waals surface area contributed by atoms with Gasteiger partial charge in [0.05, 0.1) is 0 Å². The van der Waals surface area contributed by atoms with Crippen molar-refractivity contribution in [1.82, 2.24) is 4.98 Å². The second-order valence-corrected chi connectivity index (χ2v) is 5.48. The summed E-state index contributed by atoms with van der Waals surface area (Å²) in [5.41, 5.74) is 2.47. The van der Waals surface area contributed by atoms with Gasteiger partial charge >= 0.3 is 0 Å². The highest BCUT2D eigenvalue weighted by Gasteiger charge is 2.02. The van der Waals surface area contributed by atoms with Gasteiger partial charge < -0.3 is 4.74 Å². The molecule has 0 saturated heterocycles. The molecule has 0 aliphatic rings. The molecule has 0 N–H and O–H groups in total. The average Bonchev–Trinajstić information content (AvgIpc) is 2.42. The molecule has 1 aromatic heterocycles. The Labute approximate surface area is 123 Å². The number of ether oxygens (including phenoxy) is 1. The van der Waals surface area contributed by atoms with Crippen molar-refractivity contribution in [3.8, 4) is 11.6 Å². The second-order valence-electron chi connectivity index (χ2n) is 4.62. The molecule has 0 bridgehead atoms. The van der Waals surface area contributed by atoms with Crippen LogP contribution in [0.2, 0.25) is 0 Å². The van der Waals surface area contributed by atoms with E-state index in [1.807, 2.05) is 25.1 Å². The summed E-state index contributed by atoms with van der Waals surface area (Å²) >= 11 is 3.43. The molecule has 0 atom stereocenters. The molecule has 3 heteroatoms. The molecule has 1 aromatic carbocycles. The van der Waals surface area contributed by atoms with E-state index in [0.717, 1.165) is 22.2 Å². The Morgan fingerprint density at radius 1 is 1.21 bits per heavy atom. The summed E-state index contributed by atoms with van der Waals surface area (Å²) in [6.45, 7) is 4.23. The number of aryl methyl sites for hydroxylation is 2. The summed E-state index contributed by atoms with van der Waals surface area (Å²) < 4.78 is 6.74. The molecule has 0 amide bonds. The van der Waals surface area contributed by atoms with Gasteiger partial charge in [0.25, 0.3) is 0 Å². The lowest BCUT2D eigenvalue weighted by Gasteiger charge is -2.07. The molecule has 100 valence electrons. The summed E-state index contributed by atoms with van der Waals surface area (Å²) in [7, 11) is 0. The van der Waals surface area contributed by atoms with Gasteiger partial charge in [-0.1, -0.05) is 25.5 Å². The number of unbranched alkanes of at least 4 members (excludes halogenated alkanes) is 1. The minimum Gasteiger partial charge on any atom is -0.439 e. The zero-order valence-electron chi connectivity index (χ0n) is 11.3. The first kappa shape index (κ1) is 14.1. The number of pyridine rings is 1. The van der Waals surface area contributed by atoms with Gasteiger partial charge in [0.1, 0.15) is 5.75 Å². The molecule has 0 fully saturated rings. The Hall–Kier alpha value is -1.35. The number of rotatable bonds is 5. The predicted molar refractivity (Wildman–Crippen MR) is 81.8 cm³/mol. The minimum absolute atomic E-state index is 0.627. The van der Waals surface area contributed by atoms with E-state index in [0.29, 0.717) is 5.88 Å². The molecule has 0 saturated carbocycles. The normalized spacial score (nSPS) is 10.5. The van der Waals surface area contributed by atoms with Crippen LogP contribution in [0.1, 0.15) is 30.9 Å². The fraction of sp³-hybridized carbons (Fsp3) is 0.312. The Kier molecular flexibility index (Phi) is 4.97. The first-order chi connectivity index (χ1) is 9.19. The van der Waals surface area contributed by atoms with Crippen molar-refractivity contribution in [3.63, 3.8) is 0 Å². The lowest BCUT2D eigenvalue weighted by molar-refractivity contribution is 0.462. The van der Waals surface area contributed by atoms with E-state index < -0.39 is 0 Å². The maximum Gasteiger partial charge on any atom is 0.219 e. The van der Waals surface area contributed by atoms with Crippen molar-refractivity contribution in [2.75, 3.05) is 0 Å². The maximum absolute atomic E-state index is 5.74. The predicted octanol–water partition coefficient (Wildman–Crippen LogP) is 5.29. The van der Waals surface area contributed by atoms with Crippen LogP contribution >= 0.6 is 15.9 Å². The van der Waals surface area contributed by atoms with E-state index in [9.17, 15) is 0 Å². The van der Waals surface area contributed by atoms with Crippen LogP contribution in [0.4, 0.5) is 0 Å². The summed E-state index contributed by atoms with van der Waals surface area (Å²) in [6, 6.07) is 10.2. The number of hydrogen-bond acceptors (Lipinski definition) is 2. The van der Waals surface area contributed by atoms with Gasteiger partial charge in [0, 0.05) is 16.7 Å². The monoisotopic (exact) mass is 319 g/mol. The number of benzene rings is 1. The fourth-order valence-corrected chi connectivity index (χ4v) is 2.01. The standard InChI is InChI=1S/C16H18BrNO/c1-3-4-5-13-6-8-14(9-7-13)19-16-10-12(2)15(17)11-18-16/h6-11H,3-5H2,1-2H3. The number of nitrogens with zero attached hydrogens (tertiary/aromatic N) is 1. The van der Waals surface area contributed by atoms with Crippen LogP contribution in [0.5, 0.6) is 11.6 Å². The number of aromatic nitrogens is 1. The summed E-state index contributed by atoms with van der Waals surface area (Å²) in [5, 5.41) is 0. The van der Waals surface area contributed by atoms with Crippen LogP contribution in [0.15, 0.2) is 41.0 Å². The van der Waals surface area contributed by atoms with Gasteiger partial charge in [-0.05, 0) is 59.0 Å². The van der Waals surface area contributed by atoms with Gasteiger partial charge in [-0.2, -0.15) is 0 Å². The first-order valence-electron chi connectivity index (χ1n) is 6.58. The van der Waals surface area contributed by atoms with E-state index in [-0.39, 0.29) is 0 Å². The smallest absolute Gasteiger partial charge is 0.219 e. The van der Waals surface area contributed by atoms with Gasteiger partial charge in [0.2, 0.25) is 5.88 Å². The average molecular weight is 320 g/mol. The van der Waals surface area contributed by atoms with Crippen molar-refractivity contribution in [1.29, 1.82) is 0 Å². The summed E-state index contributed by atoms with van der Waals surface area (Å²) in [4.78, 5) is 4.24. The summed E-state index contributed by atoms with van der Waals surface area (Å²) in [5.74, 6) is 1.46. The van der Waals surface area contributed by atoms with Crippen molar-refractivity contribution in [3.05, 3.63) is 52.1 Å². The third-order valence-electron chi connectivity index (χ3n) is 2.99. The third kappa shape index (κ3) is 4.06. The second kappa shape index (κ2) is 6.71.